The molecule has 0 atom stereocenters. The fourth-order valence-electron chi connectivity index (χ4n) is 2.93. The van der Waals surface area contributed by atoms with Gasteiger partial charge >= 0.3 is 0 Å². The zero-order chi connectivity index (χ0) is 14.9. The van der Waals surface area contributed by atoms with Crippen LogP contribution in [0.15, 0.2) is 41.1 Å². The zero-order valence-electron chi connectivity index (χ0n) is 12.1. The van der Waals surface area contributed by atoms with Gasteiger partial charge in [0.25, 0.3) is 0 Å². The Hall–Kier alpha value is -1.78. The van der Waals surface area contributed by atoms with Crippen LogP contribution in [-0.2, 0) is 6.42 Å². The second-order valence-electron chi connectivity index (χ2n) is 5.43. The molecule has 5 heteroatoms. The number of rotatable bonds is 2. The molecule has 2 aromatic heterocycles. The summed E-state index contributed by atoms with van der Waals surface area (Å²) < 4.78 is 1.97. The van der Waals surface area contributed by atoms with Crippen molar-refractivity contribution in [1.29, 1.82) is 0 Å². The monoisotopic (exact) mass is 329 g/mol. The number of benzene rings is 1. The van der Waals surface area contributed by atoms with Crippen molar-refractivity contribution >= 4 is 28.8 Å². The van der Waals surface area contributed by atoms with Crippen LogP contribution in [0.2, 0.25) is 5.02 Å². The molecule has 112 valence electrons. The van der Waals surface area contributed by atoms with Crippen molar-refractivity contribution in [3.8, 4) is 16.9 Å². The highest BCUT2D eigenvalue weighted by molar-refractivity contribution is 7.08. The molecule has 4 rings (SSSR count). The van der Waals surface area contributed by atoms with Gasteiger partial charge in [0.1, 0.15) is 5.82 Å². The standard InChI is InChI=1S/C17H16ClN3S/c18-14-6-1-2-7-15(14)21-17-13(5-3-4-9-19-17)16(20-21)12-8-10-22-11-12/h1-2,6-8,10-11,19H,3-5,9H2. The van der Waals surface area contributed by atoms with Gasteiger partial charge in [-0.2, -0.15) is 16.4 Å². The van der Waals surface area contributed by atoms with Gasteiger partial charge in [-0.1, -0.05) is 23.7 Å². The summed E-state index contributed by atoms with van der Waals surface area (Å²) in [6, 6.07) is 10.00. The molecule has 0 unspecified atom stereocenters. The zero-order valence-corrected chi connectivity index (χ0v) is 13.6. The van der Waals surface area contributed by atoms with Crippen molar-refractivity contribution in [2.45, 2.75) is 19.3 Å². The number of anilines is 1. The van der Waals surface area contributed by atoms with E-state index in [0.717, 1.165) is 35.2 Å². The predicted molar refractivity (Wildman–Crippen MR) is 93.3 cm³/mol. The Morgan fingerprint density at radius 3 is 2.91 bits per heavy atom. The summed E-state index contributed by atoms with van der Waals surface area (Å²) in [6.07, 6.45) is 3.42. The molecule has 0 amide bonds. The van der Waals surface area contributed by atoms with E-state index in [1.807, 2.05) is 28.9 Å². The van der Waals surface area contributed by atoms with Crippen LogP contribution < -0.4 is 5.32 Å². The van der Waals surface area contributed by atoms with E-state index in [1.165, 1.54) is 24.0 Å². The van der Waals surface area contributed by atoms with Gasteiger partial charge in [-0.05, 0) is 42.8 Å². The highest BCUT2D eigenvalue weighted by atomic mass is 35.5. The molecule has 3 heterocycles. The van der Waals surface area contributed by atoms with Crippen molar-refractivity contribution in [3.05, 3.63) is 51.7 Å². The molecule has 0 bridgehead atoms. The van der Waals surface area contributed by atoms with Crippen molar-refractivity contribution in [2.24, 2.45) is 0 Å². The van der Waals surface area contributed by atoms with Crippen molar-refractivity contribution < 1.29 is 0 Å². The molecule has 0 aliphatic carbocycles. The topological polar surface area (TPSA) is 29.9 Å². The number of hydrogen-bond donors (Lipinski definition) is 1. The molecule has 0 saturated carbocycles. The third-order valence-electron chi connectivity index (χ3n) is 4.00. The Morgan fingerprint density at radius 1 is 1.18 bits per heavy atom. The first-order valence-electron chi connectivity index (χ1n) is 7.48. The number of nitrogens with zero attached hydrogens (tertiary/aromatic N) is 2. The third-order valence-corrected chi connectivity index (χ3v) is 5.01. The van der Waals surface area contributed by atoms with E-state index in [1.54, 1.807) is 11.3 Å². The van der Waals surface area contributed by atoms with Crippen LogP contribution in [0, 0.1) is 0 Å². The Bertz CT molecular complexity index is 792. The number of hydrogen-bond acceptors (Lipinski definition) is 3. The first kappa shape index (κ1) is 13.9. The first-order chi connectivity index (χ1) is 10.8. The van der Waals surface area contributed by atoms with E-state index >= 15 is 0 Å². The summed E-state index contributed by atoms with van der Waals surface area (Å²) in [7, 11) is 0. The van der Waals surface area contributed by atoms with Crippen LogP contribution in [0.5, 0.6) is 0 Å². The van der Waals surface area contributed by atoms with Crippen LogP contribution in [0.4, 0.5) is 5.82 Å². The van der Waals surface area contributed by atoms with Crippen molar-refractivity contribution in [2.75, 3.05) is 11.9 Å². The van der Waals surface area contributed by atoms with Gasteiger partial charge < -0.3 is 5.32 Å². The molecule has 3 aromatic rings. The summed E-state index contributed by atoms with van der Waals surface area (Å²) in [5, 5.41) is 13.4. The van der Waals surface area contributed by atoms with Gasteiger partial charge in [-0.3, -0.25) is 0 Å². The maximum atomic E-state index is 6.39. The molecule has 0 fully saturated rings. The van der Waals surface area contributed by atoms with Gasteiger partial charge in [0.05, 0.1) is 16.4 Å². The molecule has 1 N–H and O–H groups in total. The van der Waals surface area contributed by atoms with E-state index in [-0.39, 0.29) is 0 Å². The van der Waals surface area contributed by atoms with E-state index in [4.69, 9.17) is 16.7 Å². The second-order valence-corrected chi connectivity index (χ2v) is 6.62. The first-order valence-corrected chi connectivity index (χ1v) is 8.80. The predicted octanol–water partition coefficient (Wildman–Crippen LogP) is 5.00. The smallest absolute Gasteiger partial charge is 0.133 e. The second kappa shape index (κ2) is 5.78. The van der Waals surface area contributed by atoms with Crippen LogP contribution in [0.3, 0.4) is 0 Å². The van der Waals surface area contributed by atoms with Crippen LogP contribution >= 0.6 is 22.9 Å². The van der Waals surface area contributed by atoms with Gasteiger partial charge in [0.2, 0.25) is 0 Å². The molecule has 0 saturated heterocycles. The number of thiophene rings is 1. The van der Waals surface area contributed by atoms with E-state index in [2.05, 4.69) is 22.1 Å². The average Bonchev–Trinajstić information content (AvgIpc) is 3.10. The number of fused-ring (bicyclic) bond motifs is 1. The molecule has 3 nitrogen and oxygen atoms in total. The summed E-state index contributed by atoms with van der Waals surface area (Å²) in [6.45, 7) is 0.978. The summed E-state index contributed by atoms with van der Waals surface area (Å²) >= 11 is 8.09. The Kier molecular flexibility index (Phi) is 3.64. The van der Waals surface area contributed by atoms with Crippen LogP contribution in [0.25, 0.3) is 16.9 Å². The summed E-state index contributed by atoms with van der Waals surface area (Å²) in [4.78, 5) is 0. The number of nitrogens with one attached hydrogen (secondary N) is 1. The lowest BCUT2D eigenvalue weighted by atomic mass is 10.1. The van der Waals surface area contributed by atoms with Crippen LogP contribution in [0.1, 0.15) is 18.4 Å². The molecule has 1 aliphatic rings. The minimum Gasteiger partial charge on any atom is -0.370 e. The molecular formula is C17H16ClN3S. The highest BCUT2D eigenvalue weighted by Gasteiger charge is 2.22. The molecule has 1 aliphatic heterocycles. The maximum Gasteiger partial charge on any atom is 0.133 e. The van der Waals surface area contributed by atoms with E-state index < -0.39 is 0 Å². The van der Waals surface area contributed by atoms with Crippen molar-refractivity contribution in [3.63, 3.8) is 0 Å². The van der Waals surface area contributed by atoms with Gasteiger partial charge in [-0.15, -0.1) is 0 Å². The summed E-state index contributed by atoms with van der Waals surface area (Å²) in [5.41, 5.74) is 4.49. The van der Waals surface area contributed by atoms with Crippen LogP contribution in [-0.4, -0.2) is 16.3 Å². The highest BCUT2D eigenvalue weighted by Crippen LogP contribution is 2.35. The Morgan fingerprint density at radius 2 is 2.09 bits per heavy atom. The number of halogens is 1. The molecule has 0 spiro atoms. The molecular weight excluding hydrogens is 314 g/mol. The summed E-state index contributed by atoms with van der Waals surface area (Å²) in [5.74, 6) is 1.09. The fourth-order valence-corrected chi connectivity index (χ4v) is 3.79. The van der Waals surface area contributed by atoms with E-state index in [9.17, 15) is 0 Å². The minimum absolute atomic E-state index is 0.718. The van der Waals surface area contributed by atoms with E-state index in [0.29, 0.717) is 0 Å². The minimum atomic E-state index is 0.718. The van der Waals surface area contributed by atoms with Gasteiger partial charge in [-0.25, -0.2) is 4.68 Å². The Balaban J connectivity index is 1.94. The fraction of sp³-hybridized carbons (Fsp3) is 0.235. The third kappa shape index (κ3) is 2.32. The lowest BCUT2D eigenvalue weighted by Crippen LogP contribution is -2.07. The largest absolute Gasteiger partial charge is 0.370 e. The number of para-hydroxylation sites is 1. The average molecular weight is 330 g/mol. The molecule has 22 heavy (non-hydrogen) atoms. The van der Waals surface area contributed by atoms with Crippen molar-refractivity contribution in [1.82, 2.24) is 9.78 Å². The molecule has 1 aromatic carbocycles. The SMILES string of the molecule is Clc1ccccc1-n1nc(-c2ccsc2)c2c1NCCCC2. The van der Waals surface area contributed by atoms with Gasteiger partial charge in [0.15, 0.2) is 0 Å². The maximum absolute atomic E-state index is 6.39. The molecule has 0 radical (unpaired) electrons. The Labute approximate surface area is 138 Å². The quantitative estimate of drug-likeness (QED) is 0.716. The lowest BCUT2D eigenvalue weighted by molar-refractivity contribution is 0.780. The lowest BCUT2D eigenvalue weighted by Gasteiger charge is -2.10. The number of aromatic nitrogens is 2. The normalized spacial score (nSPS) is 14.2. The van der Waals surface area contributed by atoms with Gasteiger partial charge in [0, 0.05) is 23.1 Å².